The third kappa shape index (κ3) is 5.56. The fourth-order valence-electron chi connectivity index (χ4n) is 8.20. The van der Waals surface area contributed by atoms with Gasteiger partial charge in [0.1, 0.15) is 22.1 Å². The SMILES string of the molecule is CCn1c(-c2cc3ccc4nc3n2CCCCCc2nc(Cl)ccc2C(=O)N[C@@H]4C)nc2cc(C(=O)N3C[C@H](N)[C@@H]4CC[C@H]3C4)cc(F)c21. The topological polar surface area (TPSA) is 124 Å². The number of halogens is 2. The predicted octanol–water partition coefficient (Wildman–Crippen LogP) is 6.43. The molecule has 1 aliphatic carbocycles. The maximum Gasteiger partial charge on any atom is 0.254 e. The molecule has 1 saturated heterocycles. The van der Waals surface area contributed by atoms with Gasteiger partial charge >= 0.3 is 0 Å². The lowest BCUT2D eigenvalue weighted by atomic mass is 9.94. The molecular weight excluding hydrogens is 643 g/mol. The van der Waals surface area contributed by atoms with Crippen LogP contribution in [0.25, 0.3) is 33.6 Å². The molecule has 2 aliphatic heterocycles. The van der Waals surface area contributed by atoms with Crippen molar-refractivity contribution in [3.63, 3.8) is 0 Å². The highest BCUT2D eigenvalue weighted by Crippen LogP contribution is 2.38. The number of carbonyl (C=O) groups excluding carboxylic acids is 2. The van der Waals surface area contributed by atoms with Gasteiger partial charge in [-0.05, 0) is 101 Å². The first kappa shape index (κ1) is 31.9. The van der Waals surface area contributed by atoms with Gasteiger partial charge in [0.2, 0.25) is 0 Å². The van der Waals surface area contributed by atoms with Gasteiger partial charge in [0.05, 0.1) is 34.2 Å². The van der Waals surface area contributed by atoms with Gasteiger partial charge in [-0.2, -0.15) is 0 Å². The van der Waals surface area contributed by atoms with Crippen LogP contribution in [0.1, 0.15) is 90.5 Å². The van der Waals surface area contributed by atoms with Gasteiger partial charge in [-0.3, -0.25) is 9.59 Å². The molecule has 6 heterocycles. The molecule has 4 bridgehead atoms. The zero-order valence-corrected chi connectivity index (χ0v) is 28.5. The van der Waals surface area contributed by atoms with Crippen molar-refractivity contribution in [1.29, 1.82) is 0 Å². The molecule has 10 nitrogen and oxygen atoms in total. The highest BCUT2D eigenvalue weighted by Gasteiger charge is 2.41. The molecule has 8 rings (SSSR count). The van der Waals surface area contributed by atoms with E-state index < -0.39 is 5.82 Å². The Labute approximate surface area is 288 Å². The van der Waals surface area contributed by atoms with E-state index in [1.54, 1.807) is 18.2 Å². The standard InChI is InChI=1S/C37H40ClFN8O2/c1-3-45-33-26(39)16-23(37(49)47-19-27(40)21-8-10-24(47)15-21)17-30(33)44-35(45)31-18-22-9-12-28-20(2)41-36(48)25-11-13-32(38)42-29(25)7-5-4-6-14-46(31)34(22)43-28/h9,11-13,16-18,20-21,24,27H,3-8,10,14-15,19,40H2,1-2H3,(H,41,48)/t20-,21-,24+,27+/m1/s1. The monoisotopic (exact) mass is 682 g/mol. The number of likely N-dealkylation sites (tertiary alicyclic amines) is 1. The number of nitrogens with zero attached hydrogens (tertiary/aromatic N) is 6. The number of hydrogen-bond acceptors (Lipinski definition) is 6. The number of piperidine rings is 1. The normalized spacial score (nSPS) is 22.8. The molecule has 1 saturated carbocycles. The number of rotatable bonds is 3. The van der Waals surface area contributed by atoms with Gasteiger partial charge in [0.25, 0.3) is 11.8 Å². The van der Waals surface area contributed by atoms with Crippen molar-refractivity contribution >= 4 is 45.5 Å². The number of aromatic nitrogens is 5. The second kappa shape index (κ2) is 12.5. The van der Waals surface area contributed by atoms with Crippen molar-refractivity contribution in [2.45, 2.75) is 90.0 Å². The van der Waals surface area contributed by atoms with Crippen molar-refractivity contribution < 1.29 is 14.0 Å². The minimum atomic E-state index is -0.469. The summed E-state index contributed by atoms with van der Waals surface area (Å²) in [7, 11) is 0. The quantitative estimate of drug-likeness (QED) is 0.212. The third-order valence-electron chi connectivity index (χ3n) is 10.8. The summed E-state index contributed by atoms with van der Waals surface area (Å²) < 4.78 is 20.1. The second-order valence-corrected chi connectivity index (χ2v) is 14.2. The Kier molecular flexibility index (Phi) is 8.15. The molecule has 0 unspecified atom stereocenters. The van der Waals surface area contributed by atoms with Crippen LogP contribution in [0.3, 0.4) is 0 Å². The largest absolute Gasteiger partial charge is 0.344 e. The maximum absolute atomic E-state index is 16.1. The van der Waals surface area contributed by atoms with Crippen LogP contribution in [0.2, 0.25) is 5.15 Å². The molecule has 254 valence electrons. The summed E-state index contributed by atoms with van der Waals surface area (Å²) in [6.45, 7) is 5.53. The Hall–Kier alpha value is -4.35. The van der Waals surface area contributed by atoms with Crippen molar-refractivity contribution in [2.75, 3.05) is 6.54 Å². The number of aryl methyl sites for hydroxylation is 3. The molecule has 4 aromatic heterocycles. The van der Waals surface area contributed by atoms with E-state index in [0.717, 1.165) is 60.9 Å². The summed E-state index contributed by atoms with van der Waals surface area (Å²) in [4.78, 5) is 43.5. The fraction of sp³-hybridized carbons (Fsp3) is 0.432. The van der Waals surface area contributed by atoms with Crippen LogP contribution in [-0.2, 0) is 19.5 Å². The zero-order chi connectivity index (χ0) is 34.0. The molecule has 5 aromatic rings. The molecule has 1 aromatic carbocycles. The molecule has 49 heavy (non-hydrogen) atoms. The first-order valence-electron chi connectivity index (χ1n) is 17.4. The first-order valence-corrected chi connectivity index (χ1v) is 17.8. The lowest BCUT2D eigenvalue weighted by Gasteiger charge is -2.37. The van der Waals surface area contributed by atoms with Crippen molar-refractivity contribution in [3.05, 3.63) is 75.9 Å². The smallest absolute Gasteiger partial charge is 0.254 e. The maximum atomic E-state index is 16.1. The van der Waals surface area contributed by atoms with E-state index in [9.17, 15) is 9.59 Å². The summed E-state index contributed by atoms with van der Waals surface area (Å²) in [6.07, 6.45) is 6.08. The molecular formula is C37H40ClFN8O2. The first-order chi connectivity index (χ1) is 23.7. The lowest BCUT2D eigenvalue weighted by Crippen LogP contribution is -2.51. The average molecular weight is 683 g/mol. The molecule has 3 N–H and O–H groups in total. The summed E-state index contributed by atoms with van der Waals surface area (Å²) in [5.41, 5.74) is 11.1. The van der Waals surface area contributed by atoms with Gasteiger partial charge in [0, 0.05) is 42.7 Å². The highest BCUT2D eigenvalue weighted by atomic mass is 35.5. The summed E-state index contributed by atoms with van der Waals surface area (Å²) in [5.74, 6) is 0.209. The van der Waals surface area contributed by atoms with Gasteiger partial charge in [-0.1, -0.05) is 18.0 Å². The Morgan fingerprint density at radius 1 is 1.08 bits per heavy atom. The van der Waals surface area contributed by atoms with Gasteiger partial charge in [-0.15, -0.1) is 0 Å². The Morgan fingerprint density at radius 2 is 1.94 bits per heavy atom. The minimum absolute atomic E-state index is 0.0497. The number of fused-ring (bicyclic) bond motifs is 5. The van der Waals surface area contributed by atoms with E-state index in [-0.39, 0.29) is 29.9 Å². The number of hydrogen-bond donors (Lipinski definition) is 2. The van der Waals surface area contributed by atoms with Crippen LogP contribution in [0, 0.1) is 11.7 Å². The zero-order valence-electron chi connectivity index (χ0n) is 27.8. The number of carbonyl (C=O) groups is 2. The third-order valence-corrected chi connectivity index (χ3v) is 11.0. The molecule has 4 atom stereocenters. The van der Waals surface area contributed by atoms with E-state index in [1.807, 2.05) is 35.4 Å². The van der Waals surface area contributed by atoms with E-state index in [1.165, 1.54) is 6.07 Å². The Bertz CT molecular complexity index is 2120. The summed E-state index contributed by atoms with van der Waals surface area (Å²) in [6, 6.07) is 12.2. The van der Waals surface area contributed by atoms with Crippen LogP contribution >= 0.6 is 11.6 Å². The predicted molar refractivity (Wildman–Crippen MR) is 187 cm³/mol. The second-order valence-electron chi connectivity index (χ2n) is 13.8. The van der Waals surface area contributed by atoms with Crippen molar-refractivity contribution in [1.82, 2.24) is 34.3 Å². The van der Waals surface area contributed by atoms with E-state index in [4.69, 9.17) is 27.3 Å². The Balaban J connectivity index is 1.19. The molecule has 2 fully saturated rings. The Morgan fingerprint density at radius 3 is 2.78 bits per heavy atom. The van der Waals surface area contributed by atoms with Crippen LogP contribution in [0.5, 0.6) is 0 Å². The fourth-order valence-corrected chi connectivity index (χ4v) is 8.37. The molecule has 3 aliphatic rings. The summed E-state index contributed by atoms with van der Waals surface area (Å²) >= 11 is 6.21. The summed E-state index contributed by atoms with van der Waals surface area (Å²) in [5, 5.41) is 4.38. The van der Waals surface area contributed by atoms with Crippen LogP contribution in [0.15, 0.2) is 42.5 Å². The van der Waals surface area contributed by atoms with Crippen LogP contribution in [-0.4, -0.2) is 59.4 Å². The van der Waals surface area contributed by atoms with Crippen LogP contribution in [0.4, 0.5) is 4.39 Å². The van der Waals surface area contributed by atoms with Gasteiger partial charge in [-0.25, -0.2) is 19.3 Å². The van der Waals surface area contributed by atoms with E-state index in [2.05, 4.69) is 20.9 Å². The number of nitrogens with one attached hydrogen (secondary N) is 1. The molecule has 0 spiro atoms. The molecule has 2 amide bonds. The highest BCUT2D eigenvalue weighted by molar-refractivity contribution is 6.29. The number of amides is 2. The molecule has 0 radical (unpaired) electrons. The number of nitrogens with two attached hydrogens (primary N) is 1. The van der Waals surface area contributed by atoms with Crippen molar-refractivity contribution in [3.8, 4) is 11.5 Å². The van der Waals surface area contributed by atoms with Crippen molar-refractivity contribution in [2.24, 2.45) is 11.7 Å². The number of imidazole rings is 1. The van der Waals surface area contributed by atoms with E-state index in [0.29, 0.717) is 70.8 Å². The lowest BCUT2D eigenvalue weighted by molar-refractivity contribution is 0.0603. The number of pyridine rings is 2. The minimum Gasteiger partial charge on any atom is -0.344 e. The van der Waals surface area contributed by atoms with Gasteiger partial charge in [0.15, 0.2) is 5.82 Å². The van der Waals surface area contributed by atoms with Crippen LogP contribution < -0.4 is 11.1 Å². The van der Waals surface area contributed by atoms with Gasteiger partial charge < -0.3 is 25.1 Å². The average Bonchev–Trinajstić information content (AvgIpc) is 3.79. The number of benzene rings is 1. The van der Waals surface area contributed by atoms with E-state index >= 15 is 4.39 Å². The molecule has 12 heteroatoms.